The summed E-state index contributed by atoms with van der Waals surface area (Å²) in [6.07, 6.45) is 14.9. The van der Waals surface area contributed by atoms with Crippen LogP contribution in [-0.4, -0.2) is 30.6 Å². The Morgan fingerprint density at radius 1 is 0.854 bits per heavy atom. The van der Waals surface area contributed by atoms with Gasteiger partial charge in [0.05, 0.1) is 6.61 Å². The van der Waals surface area contributed by atoms with Gasteiger partial charge in [0.25, 0.3) is 0 Å². The van der Waals surface area contributed by atoms with Crippen molar-refractivity contribution in [2.24, 2.45) is 52.3 Å². The molecule has 232 valence electrons. The highest BCUT2D eigenvalue weighted by Crippen LogP contribution is 2.71. The summed E-state index contributed by atoms with van der Waals surface area (Å²) in [6.45, 7) is 23.9. The molecule has 0 aromatic rings. The van der Waals surface area contributed by atoms with Crippen molar-refractivity contribution in [2.75, 3.05) is 13.2 Å². The number of hydrogen-bond acceptors (Lipinski definition) is 4. The van der Waals surface area contributed by atoms with Crippen molar-refractivity contribution in [2.45, 2.75) is 131 Å². The molecule has 41 heavy (non-hydrogen) atoms. The van der Waals surface area contributed by atoms with Gasteiger partial charge in [-0.05, 0) is 111 Å². The van der Waals surface area contributed by atoms with Gasteiger partial charge in [-0.25, -0.2) is 4.79 Å². The third-order valence-electron chi connectivity index (χ3n) is 12.6. The minimum atomic E-state index is -0.905. The fourth-order valence-corrected chi connectivity index (χ4v) is 10.8. The van der Waals surface area contributed by atoms with Crippen LogP contribution in [0.15, 0.2) is 24.3 Å². The highest BCUT2D eigenvalue weighted by Gasteiger charge is 2.69. The molecule has 4 aliphatic rings. The van der Waals surface area contributed by atoms with Crippen LogP contribution in [0.1, 0.15) is 126 Å². The average Bonchev–Trinajstić information content (AvgIpc) is 3.19. The largest absolute Gasteiger partial charge is 0.460 e. The minimum absolute atomic E-state index is 0.0514. The molecule has 0 aromatic carbocycles. The van der Waals surface area contributed by atoms with Crippen molar-refractivity contribution in [3.8, 4) is 0 Å². The van der Waals surface area contributed by atoms with Gasteiger partial charge in [0.2, 0.25) is 0 Å². The number of fused-ring (bicyclic) bond motifs is 5. The molecule has 0 aromatic heterocycles. The SMILES string of the molecule is C=C(C)C(=O)OCCOC1(C(=O)C(=C)C)C[C@H]2[C@@H]3CCC4CCCC[C@]4(C)[C@H]3CC[C@]2(C)[C@H]1[C@H](C)CCCC(C)C. The average molecular weight is 569 g/mol. The Bertz CT molecular complexity index is 997. The van der Waals surface area contributed by atoms with E-state index in [0.29, 0.717) is 40.2 Å². The van der Waals surface area contributed by atoms with E-state index in [2.05, 4.69) is 47.8 Å². The second-order valence-corrected chi connectivity index (χ2v) is 15.7. The van der Waals surface area contributed by atoms with Crippen molar-refractivity contribution in [3.05, 3.63) is 24.3 Å². The maximum Gasteiger partial charge on any atom is 0.333 e. The number of hydrogen-bond donors (Lipinski definition) is 0. The highest BCUT2D eigenvalue weighted by molar-refractivity contribution is 6.01. The van der Waals surface area contributed by atoms with E-state index in [4.69, 9.17) is 9.47 Å². The Morgan fingerprint density at radius 3 is 2.24 bits per heavy atom. The molecule has 4 rings (SSSR count). The third kappa shape index (κ3) is 6.02. The highest BCUT2D eigenvalue weighted by atomic mass is 16.6. The number of ketones is 1. The van der Waals surface area contributed by atoms with Gasteiger partial charge < -0.3 is 9.47 Å². The third-order valence-corrected chi connectivity index (χ3v) is 12.6. The van der Waals surface area contributed by atoms with Gasteiger partial charge in [-0.15, -0.1) is 0 Å². The van der Waals surface area contributed by atoms with E-state index in [1.54, 1.807) is 6.92 Å². The van der Waals surface area contributed by atoms with E-state index in [1.807, 2.05) is 6.92 Å². The quantitative estimate of drug-likeness (QED) is 0.134. The van der Waals surface area contributed by atoms with E-state index in [0.717, 1.165) is 24.7 Å². The monoisotopic (exact) mass is 568 g/mol. The van der Waals surface area contributed by atoms with Crippen LogP contribution in [0, 0.1) is 52.3 Å². The summed E-state index contributed by atoms with van der Waals surface area (Å²) in [5.74, 6) is 3.60. The molecule has 0 saturated heterocycles. The Labute approximate surface area is 251 Å². The van der Waals surface area contributed by atoms with Crippen LogP contribution in [0.2, 0.25) is 0 Å². The van der Waals surface area contributed by atoms with Crippen LogP contribution in [0.5, 0.6) is 0 Å². The Kier molecular flexibility index (Phi) is 10.0. The molecule has 4 fully saturated rings. The predicted molar refractivity (Wildman–Crippen MR) is 167 cm³/mol. The first kappa shape index (κ1) is 32.5. The zero-order chi connectivity index (χ0) is 30.2. The van der Waals surface area contributed by atoms with Gasteiger partial charge in [0.15, 0.2) is 5.78 Å². The van der Waals surface area contributed by atoms with Crippen LogP contribution in [-0.2, 0) is 19.1 Å². The number of rotatable bonds is 12. The summed E-state index contributed by atoms with van der Waals surface area (Å²) >= 11 is 0. The summed E-state index contributed by atoms with van der Waals surface area (Å²) in [7, 11) is 0. The Hall–Kier alpha value is -1.42. The molecule has 0 spiro atoms. The van der Waals surface area contributed by atoms with Crippen LogP contribution in [0.3, 0.4) is 0 Å². The molecule has 9 atom stereocenters. The topological polar surface area (TPSA) is 52.6 Å². The van der Waals surface area contributed by atoms with Gasteiger partial charge in [-0.3, -0.25) is 4.79 Å². The van der Waals surface area contributed by atoms with Gasteiger partial charge in [-0.2, -0.15) is 0 Å². The second-order valence-electron chi connectivity index (χ2n) is 15.7. The molecule has 0 N–H and O–H groups in total. The molecule has 2 unspecified atom stereocenters. The zero-order valence-corrected chi connectivity index (χ0v) is 27.5. The first-order chi connectivity index (χ1) is 19.3. The molecule has 0 aliphatic heterocycles. The smallest absolute Gasteiger partial charge is 0.333 e. The van der Waals surface area contributed by atoms with E-state index in [9.17, 15) is 9.59 Å². The summed E-state index contributed by atoms with van der Waals surface area (Å²) in [5.41, 5.74) is 0.562. The fraction of sp³-hybridized carbons (Fsp3) is 0.838. The van der Waals surface area contributed by atoms with Gasteiger partial charge >= 0.3 is 5.97 Å². The van der Waals surface area contributed by atoms with E-state index >= 15 is 0 Å². The summed E-state index contributed by atoms with van der Waals surface area (Å²) in [4.78, 5) is 26.5. The lowest BCUT2D eigenvalue weighted by atomic mass is 9.44. The van der Waals surface area contributed by atoms with Gasteiger partial charge in [0, 0.05) is 11.5 Å². The van der Waals surface area contributed by atoms with Crippen molar-refractivity contribution in [1.82, 2.24) is 0 Å². The minimum Gasteiger partial charge on any atom is -0.460 e. The number of carbonyl (C=O) groups is 2. The summed E-state index contributed by atoms with van der Waals surface area (Å²) in [6, 6.07) is 0. The van der Waals surface area contributed by atoms with Crippen molar-refractivity contribution >= 4 is 11.8 Å². The molecular formula is C37H60O4. The van der Waals surface area contributed by atoms with Gasteiger partial charge in [-0.1, -0.05) is 79.9 Å². The van der Waals surface area contributed by atoms with Gasteiger partial charge in [0.1, 0.15) is 12.2 Å². The standard InChI is InChI=1S/C37H60O4/c1-24(2)13-12-14-27(7)32-36(9)20-18-30-29(17-16-28-15-10-11-19-35(28,30)8)31(36)23-37(32,33(38)25(3)4)41-22-21-40-34(39)26(5)6/h24,27-32H,3,5,10-23H2,1-2,4,6-9H3/t27-,28?,29-,30+,31+,32-,35+,36+,37?/m1/s1. The fourth-order valence-electron chi connectivity index (χ4n) is 10.8. The maximum atomic E-state index is 14.4. The van der Waals surface area contributed by atoms with Crippen molar-refractivity contribution < 1.29 is 19.1 Å². The first-order valence-electron chi connectivity index (χ1n) is 16.9. The molecule has 0 bridgehead atoms. The molecule has 4 aliphatic carbocycles. The van der Waals surface area contributed by atoms with Crippen LogP contribution < -0.4 is 0 Å². The lowest BCUT2D eigenvalue weighted by Crippen LogP contribution is -2.54. The van der Waals surface area contributed by atoms with Crippen LogP contribution in [0.25, 0.3) is 0 Å². The van der Waals surface area contributed by atoms with Crippen LogP contribution >= 0.6 is 0 Å². The van der Waals surface area contributed by atoms with Crippen molar-refractivity contribution in [3.63, 3.8) is 0 Å². The van der Waals surface area contributed by atoms with E-state index in [1.165, 1.54) is 64.2 Å². The molecule has 0 amide bonds. The summed E-state index contributed by atoms with van der Waals surface area (Å²) in [5, 5.41) is 0. The molecular weight excluding hydrogens is 508 g/mol. The lowest BCUT2D eigenvalue weighted by Gasteiger charge is -2.60. The molecule has 4 heteroatoms. The molecule has 0 radical (unpaired) electrons. The summed E-state index contributed by atoms with van der Waals surface area (Å²) < 4.78 is 12.3. The second kappa shape index (κ2) is 12.7. The first-order valence-corrected chi connectivity index (χ1v) is 16.9. The normalized spacial score (nSPS) is 38.9. The number of esters is 1. The van der Waals surface area contributed by atoms with E-state index < -0.39 is 11.6 Å². The van der Waals surface area contributed by atoms with Crippen molar-refractivity contribution in [1.29, 1.82) is 0 Å². The lowest BCUT2D eigenvalue weighted by molar-refractivity contribution is -0.161. The number of ether oxygens (including phenoxy) is 2. The van der Waals surface area contributed by atoms with Crippen LogP contribution in [0.4, 0.5) is 0 Å². The molecule has 0 heterocycles. The predicted octanol–water partition coefficient (Wildman–Crippen LogP) is 9.13. The molecule has 4 saturated carbocycles. The maximum absolute atomic E-state index is 14.4. The van der Waals surface area contributed by atoms with E-state index in [-0.39, 0.29) is 30.3 Å². The number of carbonyl (C=O) groups excluding carboxylic acids is 2. The number of Topliss-reactive ketones (excluding diaryl/α,β-unsaturated/α-hetero) is 1. The Balaban J connectivity index is 1.70. The Morgan fingerprint density at radius 2 is 1.59 bits per heavy atom. The molecule has 4 nitrogen and oxygen atoms in total. The zero-order valence-electron chi connectivity index (χ0n) is 27.5.